The number of hydrogen-bond donors (Lipinski definition) is 0. The first-order valence-electron chi connectivity index (χ1n) is 8.55. The lowest BCUT2D eigenvalue weighted by molar-refractivity contribution is 0.0523. The van der Waals surface area contributed by atoms with Crippen LogP contribution < -0.4 is 15.0 Å². The minimum Gasteiger partial charge on any atom is -0.497 e. The summed E-state index contributed by atoms with van der Waals surface area (Å²) in [7, 11) is 3.00. The maximum atomic E-state index is 12.8. The first kappa shape index (κ1) is 19.7. The predicted octanol–water partition coefficient (Wildman–Crippen LogP) is 3.29. The van der Waals surface area contributed by atoms with Gasteiger partial charge in [0.1, 0.15) is 17.1 Å². The maximum absolute atomic E-state index is 12.8. The molecular formula is C20H19ClN2O5. The molecule has 0 unspecified atom stereocenters. The van der Waals surface area contributed by atoms with Gasteiger partial charge in [0.25, 0.3) is 5.56 Å². The Bertz CT molecular complexity index is 1090. The molecule has 28 heavy (non-hydrogen) atoms. The lowest BCUT2D eigenvalue weighted by atomic mass is 10.1. The average Bonchev–Trinajstić information content (AvgIpc) is 2.70. The Morgan fingerprint density at radius 2 is 1.96 bits per heavy atom. The fourth-order valence-electron chi connectivity index (χ4n) is 2.85. The predicted molar refractivity (Wildman–Crippen MR) is 106 cm³/mol. The topological polar surface area (TPSA) is 79.7 Å². The average molecular weight is 403 g/mol. The van der Waals surface area contributed by atoms with E-state index in [2.05, 4.69) is 4.98 Å². The zero-order chi connectivity index (χ0) is 20.3. The van der Waals surface area contributed by atoms with Gasteiger partial charge < -0.3 is 14.2 Å². The summed E-state index contributed by atoms with van der Waals surface area (Å²) in [6, 6.07) is 8.39. The van der Waals surface area contributed by atoms with Crippen molar-refractivity contribution in [2.24, 2.45) is 0 Å². The highest BCUT2D eigenvalue weighted by atomic mass is 35.5. The van der Waals surface area contributed by atoms with Gasteiger partial charge in [-0.1, -0.05) is 17.7 Å². The summed E-state index contributed by atoms with van der Waals surface area (Å²) in [6.45, 7) is 2.06. The molecule has 0 atom stereocenters. The van der Waals surface area contributed by atoms with Crippen molar-refractivity contribution in [2.75, 3.05) is 20.8 Å². The van der Waals surface area contributed by atoms with Gasteiger partial charge >= 0.3 is 5.97 Å². The van der Waals surface area contributed by atoms with Gasteiger partial charge in [0.2, 0.25) is 0 Å². The molecular weight excluding hydrogens is 384 g/mol. The van der Waals surface area contributed by atoms with Crippen LogP contribution in [0.2, 0.25) is 5.02 Å². The summed E-state index contributed by atoms with van der Waals surface area (Å²) in [5, 5.41) is 0.637. The molecule has 3 aromatic rings. The molecule has 7 nitrogen and oxygen atoms in total. The molecule has 2 aromatic carbocycles. The molecule has 0 spiro atoms. The summed E-state index contributed by atoms with van der Waals surface area (Å²) in [4.78, 5) is 29.4. The number of carbonyl (C=O) groups excluding carboxylic acids is 1. The van der Waals surface area contributed by atoms with Gasteiger partial charge in [-0.25, -0.2) is 9.78 Å². The fourth-order valence-corrected chi connectivity index (χ4v) is 3.14. The second-order valence-corrected chi connectivity index (χ2v) is 6.28. The second kappa shape index (κ2) is 8.31. The van der Waals surface area contributed by atoms with Gasteiger partial charge in [0, 0.05) is 6.07 Å². The fraction of sp³-hybridized carbons (Fsp3) is 0.250. The molecule has 0 aliphatic rings. The van der Waals surface area contributed by atoms with Gasteiger partial charge in [0.05, 0.1) is 49.6 Å². The summed E-state index contributed by atoms with van der Waals surface area (Å²) in [6.07, 6.45) is 1.44. The normalized spacial score (nSPS) is 10.7. The van der Waals surface area contributed by atoms with Gasteiger partial charge in [-0.05, 0) is 30.7 Å². The number of fused-ring (bicyclic) bond motifs is 1. The summed E-state index contributed by atoms with van der Waals surface area (Å²) >= 11 is 6.45. The SMILES string of the molecule is CCOC(=O)c1c(OC)ccc(Cn2cnc3cc(OC)ccc3c2=O)c1Cl. The smallest absolute Gasteiger partial charge is 0.343 e. The van der Waals surface area contributed by atoms with Gasteiger partial charge in [-0.15, -0.1) is 0 Å². The lowest BCUT2D eigenvalue weighted by Gasteiger charge is -2.14. The van der Waals surface area contributed by atoms with E-state index in [1.807, 2.05) is 0 Å². The van der Waals surface area contributed by atoms with Crippen molar-refractivity contribution in [3.05, 3.63) is 63.2 Å². The summed E-state index contributed by atoms with van der Waals surface area (Å²) < 4.78 is 16.9. The first-order chi connectivity index (χ1) is 13.5. The zero-order valence-electron chi connectivity index (χ0n) is 15.7. The van der Waals surface area contributed by atoms with Crippen LogP contribution in [0.4, 0.5) is 0 Å². The van der Waals surface area contributed by atoms with Gasteiger partial charge in [-0.2, -0.15) is 0 Å². The number of halogens is 1. The van der Waals surface area contributed by atoms with E-state index in [9.17, 15) is 9.59 Å². The second-order valence-electron chi connectivity index (χ2n) is 5.90. The van der Waals surface area contributed by atoms with Crippen LogP contribution in [0.3, 0.4) is 0 Å². The number of ether oxygens (including phenoxy) is 3. The quantitative estimate of drug-likeness (QED) is 0.588. The Hall–Kier alpha value is -3.06. The van der Waals surface area contributed by atoms with Crippen LogP contribution >= 0.6 is 11.6 Å². The molecule has 1 heterocycles. The van der Waals surface area contributed by atoms with E-state index in [0.29, 0.717) is 28.0 Å². The number of nitrogens with zero attached hydrogens (tertiary/aromatic N) is 2. The van der Waals surface area contributed by atoms with Crippen LogP contribution in [0.15, 0.2) is 41.5 Å². The van der Waals surface area contributed by atoms with E-state index < -0.39 is 5.97 Å². The van der Waals surface area contributed by atoms with Crippen LogP contribution in [-0.4, -0.2) is 36.3 Å². The van der Waals surface area contributed by atoms with Crippen LogP contribution in [-0.2, 0) is 11.3 Å². The molecule has 0 aliphatic heterocycles. The minimum atomic E-state index is -0.581. The molecule has 146 valence electrons. The molecule has 0 bridgehead atoms. The van der Waals surface area contributed by atoms with Gasteiger partial charge in [0.15, 0.2) is 0 Å². The van der Waals surface area contributed by atoms with E-state index >= 15 is 0 Å². The van der Waals surface area contributed by atoms with E-state index in [-0.39, 0.29) is 29.3 Å². The van der Waals surface area contributed by atoms with Crippen molar-refractivity contribution in [1.82, 2.24) is 9.55 Å². The van der Waals surface area contributed by atoms with Crippen molar-refractivity contribution in [1.29, 1.82) is 0 Å². The Morgan fingerprint density at radius 3 is 2.64 bits per heavy atom. The number of benzene rings is 2. The van der Waals surface area contributed by atoms with Crippen LogP contribution in [0, 0.1) is 0 Å². The third-order valence-corrected chi connectivity index (χ3v) is 4.69. The van der Waals surface area contributed by atoms with E-state index in [1.54, 1.807) is 44.4 Å². The monoisotopic (exact) mass is 402 g/mol. The number of carbonyl (C=O) groups is 1. The first-order valence-corrected chi connectivity index (χ1v) is 8.93. The van der Waals surface area contributed by atoms with Crippen molar-refractivity contribution in [2.45, 2.75) is 13.5 Å². The number of methoxy groups -OCH3 is 2. The molecule has 0 N–H and O–H groups in total. The van der Waals surface area contributed by atoms with E-state index in [1.165, 1.54) is 18.0 Å². The lowest BCUT2D eigenvalue weighted by Crippen LogP contribution is -2.21. The molecule has 3 rings (SSSR count). The number of rotatable bonds is 6. The van der Waals surface area contributed by atoms with Crippen molar-refractivity contribution >= 4 is 28.5 Å². The molecule has 8 heteroatoms. The third kappa shape index (κ3) is 3.66. The molecule has 1 aromatic heterocycles. The van der Waals surface area contributed by atoms with Crippen molar-refractivity contribution < 1.29 is 19.0 Å². The summed E-state index contributed by atoms with van der Waals surface area (Å²) in [5.74, 6) is 0.347. The standard InChI is InChI=1S/C20H19ClN2O5/c1-4-28-20(25)17-16(27-3)8-5-12(18(17)21)10-23-11-22-15-9-13(26-2)6-7-14(15)19(23)24/h5-9,11H,4,10H2,1-3H3. The number of hydrogen-bond acceptors (Lipinski definition) is 6. The van der Waals surface area contributed by atoms with Gasteiger partial charge in [-0.3, -0.25) is 9.36 Å². The minimum absolute atomic E-state index is 0.134. The Balaban J connectivity index is 2.04. The van der Waals surface area contributed by atoms with Crippen LogP contribution in [0.1, 0.15) is 22.8 Å². The Morgan fingerprint density at radius 1 is 1.18 bits per heavy atom. The highest BCUT2D eigenvalue weighted by molar-refractivity contribution is 6.34. The molecule has 0 aliphatic carbocycles. The van der Waals surface area contributed by atoms with Crippen molar-refractivity contribution in [3.8, 4) is 11.5 Å². The largest absolute Gasteiger partial charge is 0.497 e. The van der Waals surface area contributed by atoms with Crippen molar-refractivity contribution in [3.63, 3.8) is 0 Å². The van der Waals surface area contributed by atoms with Crippen LogP contribution in [0.5, 0.6) is 11.5 Å². The molecule has 0 amide bonds. The molecule has 0 saturated heterocycles. The molecule has 0 saturated carbocycles. The Labute approximate surface area is 166 Å². The molecule has 0 fully saturated rings. The zero-order valence-corrected chi connectivity index (χ0v) is 16.4. The highest BCUT2D eigenvalue weighted by Crippen LogP contribution is 2.31. The Kier molecular flexibility index (Phi) is 5.84. The summed E-state index contributed by atoms with van der Waals surface area (Å²) in [5.41, 5.74) is 1.02. The van der Waals surface area contributed by atoms with E-state index in [0.717, 1.165) is 0 Å². The maximum Gasteiger partial charge on any atom is 0.343 e. The highest BCUT2D eigenvalue weighted by Gasteiger charge is 2.21. The number of esters is 1. The van der Waals surface area contributed by atoms with Crippen LogP contribution in [0.25, 0.3) is 10.9 Å². The number of aromatic nitrogens is 2. The third-order valence-electron chi connectivity index (χ3n) is 4.26. The van der Waals surface area contributed by atoms with E-state index in [4.69, 9.17) is 25.8 Å². The molecule has 0 radical (unpaired) electrons.